The summed E-state index contributed by atoms with van der Waals surface area (Å²) in [5, 5.41) is 0. The Morgan fingerprint density at radius 2 is 0.900 bits per heavy atom. The molecule has 2 aromatic carbocycles. The second-order valence-corrected chi connectivity index (χ2v) is 8.44. The lowest BCUT2D eigenvalue weighted by atomic mass is 10.1. The van der Waals surface area contributed by atoms with Gasteiger partial charge in [-0.2, -0.15) is 23.5 Å². The van der Waals surface area contributed by atoms with Crippen LogP contribution in [0, 0.1) is 0 Å². The Hall–Kier alpha value is -0.510. The van der Waals surface area contributed by atoms with Crippen LogP contribution in [0.15, 0.2) is 41.3 Å². The number of hydrogen-bond donors (Lipinski definition) is 0. The van der Waals surface area contributed by atoms with Gasteiger partial charge >= 0.3 is 0 Å². The Morgan fingerprint density at radius 1 is 0.500 bits per heavy atom. The fourth-order valence-electron chi connectivity index (χ4n) is 2.81. The highest BCUT2D eigenvalue weighted by Crippen LogP contribution is 2.33. The lowest BCUT2D eigenvalue weighted by Gasteiger charge is -2.11. The fraction of sp³-hybridized carbons (Fsp3) is 0.294. The zero-order valence-electron chi connectivity index (χ0n) is 11.2. The second-order valence-electron chi connectivity index (χ2n) is 5.42. The van der Waals surface area contributed by atoms with Gasteiger partial charge < -0.3 is 0 Å². The second kappa shape index (κ2) is 5.70. The van der Waals surface area contributed by atoms with Crippen LogP contribution in [0.4, 0.5) is 0 Å². The summed E-state index contributed by atoms with van der Waals surface area (Å²) < 4.78 is 0. The van der Waals surface area contributed by atoms with E-state index in [-0.39, 0.29) is 0 Å². The van der Waals surface area contributed by atoms with Crippen molar-refractivity contribution in [2.24, 2.45) is 0 Å². The van der Waals surface area contributed by atoms with E-state index in [2.05, 4.69) is 36.4 Å². The Balaban J connectivity index is 1.86. The minimum absolute atomic E-state index is 1.10. The molecule has 0 N–H and O–H groups in total. The van der Waals surface area contributed by atoms with Crippen LogP contribution in [0.2, 0.25) is 0 Å². The maximum absolute atomic E-state index is 2.41. The first-order valence-corrected chi connectivity index (χ1v) is 10.2. The van der Waals surface area contributed by atoms with E-state index in [1.165, 1.54) is 32.7 Å². The molecule has 2 aliphatic heterocycles. The molecule has 0 aromatic heterocycles. The van der Waals surface area contributed by atoms with Gasteiger partial charge in [0.2, 0.25) is 0 Å². The third-order valence-corrected chi connectivity index (χ3v) is 6.82. The Labute approximate surface area is 133 Å². The lowest BCUT2D eigenvalue weighted by Crippen LogP contribution is -1.92. The van der Waals surface area contributed by atoms with Crippen molar-refractivity contribution < 1.29 is 0 Å². The fourth-order valence-corrected chi connectivity index (χ4v) is 5.59. The molecule has 102 valence electrons. The summed E-state index contributed by atoms with van der Waals surface area (Å²) in [6.45, 7) is 0. The predicted octanol–water partition coefficient (Wildman–Crippen LogP) is 5.47. The van der Waals surface area contributed by atoms with E-state index in [4.69, 9.17) is 0 Å². The SMILES string of the molecule is c1c2cc3cc1CSCc1cc(cc(c1)SC3)CSC2. The molecule has 4 rings (SSSR count). The van der Waals surface area contributed by atoms with Crippen LogP contribution in [-0.4, -0.2) is 0 Å². The normalized spacial score (nSPS) is 17.4. The van der Waals surface area contributed by atoms with Gasteiger partial charge in [0.05, 0.1) is 0 Å². The summed E-state index contributed by atoms with van der Waals surface area (Å²) in [5.41, 5.74) is 7.47. The van der Waals surface area contributed by atoms with E-state index in [0.29, 0.717) is 0 Å². The van der Waals surface area contributed by atoms with Crippen LogP contribution in [-0.2, 0) is 28.8 Å². The minimum atomic E-state index is 1.10. The third-order valence-electron chi connectivity index (χ3n) is 3.62. The topological polar surface area (TPSA) is 0 Å². The molecule has 20 heavy (non-hydrogen) atoms. The zero-order valence-corrected chi connectivity index (χ0v) is 13.7. The molecule has 0 radical (unpaired) electrons. The molecule has 0 amide bonds. The van der Waals surface area contributed by atoms with Crippen LogP contribution in [0.5, 0.6) is 0 Å². The van der Waals surface area contributed by atoms with E-state index in [1.807, 2.05) is 35.3 Å². The van der Waals surface area contributed by atoms with Crippen molar-refractivity contribution in [1.29, 1.82) is 0 Å². The molecule has 2 aromatic rings. The maximum Gasteiger partial charge on any atom is 0.0232 e. The van der Waals surface area contributed by atoms with E-state index >= 15 is 0 Å². The number of benzene rings is 2. The minimum Gasteiger partial charge on any atom is -0.152 e. The van der Waals surface area contributed by atoms with Gasteiger partial charge in [-0.1, -0.05) is 24.3 Å². The Kier molecular flexibility index (Phi) is 3.76. The zero-order chi connectivity index (χ0) is 13.4. The largest absolute Gasteiger partial charge is 0.152 e. The molecular weight excluding hydrogens is 300 g/mol. The molecule has 0 fully saturated rings. The van der Waals surface area contributed by atoms with Crippen molar-refractivity contribution in [1.82, 2.24) is 0 Å². The number of thioether (sulfide) groups is 3. The van der Waals surface area contributed by atoms with Gasteiger partial charge in [0.1, 0.15) is 0 Å². The monoisotopic (exact) mass is 316 g/mol. The highest BCUT2D eigenvalue weighted by molar-refractivity contribution is 7.98. The summed E-state index contributed by atoms with van der Waals surface area (Å²) in [4.78, 5) is 1.44. The molecule has 2 aliphatic rings. The lowest BCUT2D eigenvalue weighted by molar-refractivity contribution is 1.24. The molecule has 3 heteroatoms. The Bertz CT molecular complexity index is 547. The first kappa shape index (κ1) is 13.2. The van der Waals surface area contributed by atoms with Crippen molar-refractivity contribution in [3.05, 3.63) is 64.2 Å². The van der Waals surface area contributed by atoms with Crippen LogP contribution < -0.4 is 0 Å². The van der Waals surface area contributed by atoms with Crippen molar-refractivity contribution in [3.8, 4) is 0 Å². The van der Waals surface area contributed by atoms with Crippen LogP contribution >= 0.6 is 35.3 Å². The van der Waals surface area contributed by atoms with Gasteiger partial charge in [0, 0.05) is 33.7 Å². The first-order chi connectivity index (χ1) is 9.85. The summed E-state index contributed by atoms with van der Waals surface area (Å²) in [6, 6.07) is 14.4. The molecule has 2 heterocycles. The number of hydrogen-bond acceptors (Lipinski definition) is 3. The van der Waals surface area contributed by atoms with E-state index in [9.17, 15) is 0 Å². The van der Waals surface area contributed by atoms with Crippen LogP contribution in [0.25, 0.3) is 0 Å². The molecule has 0 aliphatic carbocycles. The summed E-state index contributed by atoms with van der Waals surface area (Å²) in [6.07, 6.45) is 0. The van der Waals surface area contributed by atoms with Crippen molar-refractivity contribution in [2.45, 2.75) is 33.7 Å². The molecule has 0 spiro atoms. The molecule has 0 nitrogen and oxygen atoms in total. The molecule has 0 saturated heterocycles. The summed E-state index contributed by atoms with van der Waals surface area (Å²) >= 11 is 6.07. The Morgan fingerprint density at radius 3 is 1.40 bits per heavy atom. The summed E-state index contributed by atoms with van der Waals surface area (Å²) in [5.74, 6) is 5.63. The average Bonchev–Trinajstić information content (AvgIpc) is 2.46. The van der Waals surface area contributed by atoms with Gasteiger partial charge in [-0.15, -0.1) is 11.8 Å². The standard InChI is InChI=1S/C17H16S3/c1-12-2-14-3-13(1)8-19-10-16-4-15(9-18-7-12)5-17(6-16)20-11-14/h1-6H,7-11H2. The van der Waals surface area contributed by atoms with Crippen molar-refractivity contribution in [3.63, 3.8) is 0 Å². The number of fused-ring (bicyclic) bond motifs is 5. The molecule has 0 saturated carbocycles. The maximum atomic E-state index is 2.41. The van der Waals surface area contributed by atoms with Gasteiger partial charge in [-0.25, -0.2) is 0 Å². The number of rotatable bonds is 0. The van der Waals surface area contributed by atoms with Gasteiger partial charge in [0.25, 0.3) is 0 Å². The smallest absolute Gasteiger partial charge is 0.0232 e. The van der Waals surface area contributed by atoms with Crippen LogP contribution in [0.3, 0.4) is 0 Å². The first-order valence-electron chi connectivity index (χ1n) is 6.88. The van der Waals surface area contributed by atoms with Crippen molar-refractivity contribution >= 4 is 35.3 Å². The van der Waals surface area contributed by atoms with Crippen LogP contribution in [0.1, 0.15) is 27.8 Å². The van der Waals surface area contributed by atoms with Crippen molar-refractivity contribution in [2.75, 3.05) is 0 Å². The molecule has 0 atom stereocenters. The van der Waals surface area contributed by atoms with Gasteiger partial charge in [-0.05, 0) is 39.9 Å². The molecule has 0 unspecified atom stereocenters. The van der Waals surface area contributed by atoms with E-state index in [1.54, 1.807) is 0 Å². The average molecular weight is 317 g/mol. The van der Waals surface area contributed by atoms with E-state index in [0.717, 1.165) is 28.8 Å². The third kappa shape index (κ3) is 2.90. The van der Waals surface area contributed by atoms with E-state index < -0.39 is 0 Å². The highest BCUT2D eigenvalue weighted by atomic mass is 32.2. The van der Waals surface area contributed by atoms with Gasteiger partial charge in [-0.3, -0.25) is 0 Å². The summed E-state index contributed by atoms with van der Waals surface area (Å²) in [7, 11) is 0. The highest BCUT2D eigenvalue weighted by Gasteiger charge is 2.10. The van der Waals surface area contributed by atoms with Gasteiger partial charge in [0.15, 0.2) is 0 Å². The molecular formula is C17H16S3. The predicted molar refractivity (Wildman–Crippen MR) is 92.4 cm³/mol. The quantitative estimate of drug-likeness (QED) is 0.632. The molecule has 6 bridgehead atoms.